The normalized spacial score (nSPS) is 12.0. The van der Waals surface area contributed by atoms with E-state index in [-0.39, 0.29) is 11.9 Å². The summed E-state index contributed by atoms with van der Waals surface area (Å²) in [6, 6.07) is 6.33. The number of carbonyl (C=O) groups is 1. The Morgan fingerprint density at radius 3 is 2.75 bits per heavy atom. The topological polar surface area (TPSA) is 50.4 Å². The van der Waals surface area contributed by atoms with E-state index >= 15 is 0 Å². The van der Waals surface area contributed by atoms with Gasteiger partial charge in [0.05, 0.1) is 7.11 Å². The molecule has 0 spiro atoms. The van der Waals surface area contributed by atoms with Crippen LogP contribution in [0, 0.1) is 6.92 Å². The van der Waals surface area contributed by atoms with Crippen LogP contribution in [0.25, 0.3) is 0 Å². The first-order valence-corrected chi connectivity index (χ1v) is 7.23. The van der Waals surface area contributed by atoms with Crippen LogP contribution in [0.4, 0.5) is 0 Å². The van der Waals surface area contributed by atoms with Crippen molar-refractivity contribution in [2.24, 2.45) is 0 Å². The van der Waals surface area contributed by atoms with E-state index in [4.69, 9.17) is 4.74 Å². The van der Waals surface area contributed by atoms with Crippen molar-refractivity contribution in [3.8, 4) is 5.75 Å². The summed E-state index contributed by atoms with van der Waals surface area (Å²) in [7, 11) is 1.68. The van der Waals surface area contributed by atoms with Crippen LogP contribution in [0.3, 0.4) is 0 Å². The molecule has 1 amide bonds. The molecule has 0 aliphatic rings. The Bertz CT molecular complexity index is 432. The van der Waals surface area contributed by atoms with E-state index in [2.05, 4.69) is 29.7 Å². The summed E-state index contributed by atoms with van der Waals surface area (Å²) < 4.78 is 5.41. The maximum atomic E-state index is 11.5. The van der Waals surface area contributed by atoms with Gasteiger partial charge in [-0.05, 0) is 31.9 Å². The van der Waals surface area contributed by atoms with Gasteiger partial charge in [-0.3, -0.25) is 4.79 Å². The molecular formula is C16H26N2O2. The minimum atomic E-state index is 0.0995. The van der Waals surface area contributed by atoms with Crippen LogP contribution in [0.2, 0.25) is 0 Å². The van der Waals surface area contributed by atoms with E-state index in [1.807, 2.05) is 19.9 Å². The number of hydrogen-bond donors (Lipinski definition) is 2. The smallest absolute Gasteiger partial charge is 0.221 e. The maximum absolute atomic E-state index is 11.5. The van der Waals surface area contributed by atoms with Crippen molar-refractivity contribution in [2.45, 2.75) is 39.7 Å². The monoisotopic (exact) mass is 278 g/mol. The molecule has 1 aromatic carbocycles. The van der Waals surface area contributed by atoms with Crippen molar-refractivity contribution >= 4 is 5.91 Å². The van der Waals surface area contributed by atoms with Gasteiger partial charge in [0.1, 0.15) is 5.75 Å². The second-order valence-electron chi connectivity index (χ2n) is 5.02. The highest BCUT2D eigenvalue weighted by Gasteiger charge is 2.11. The molecule has 0 bridgehead atoms. The number of hydrogen-bond acceptors (Lipinski definition) is 3. The van der Waals surface area contributed by atoms with Gasteiger partial charge in [0, 0.05) is 31.1 Å². The van der Waals surface area contributed by atoms with Crippen molar-refractivity contribution in [2.75, 3.05) is 20.2 Å². The number of benzene rings is 1. The molecule has 0 fully saturated rings. The first-order chi connectivity index (χ1) is 9.58. The summed E-state index contributed by atoms with van der Waals surface area (Å²) >= 11 is 0. The zero-order chi connectivity index (χ0) is 15.0. The SMILES string of the molecule is CCCNC(=O)CCNC(C)c1ccc(C)cc1OC. The van der Waals surface area contributed by atoms with Crippen LogP contribution in [-0.4, -0.2) is 26.1 Å². The zero-order valence-corrected chi connectivity index (χ0v) is 13.0. The molecular weight excluding hydrogens is 252 g/mol. The molecule has 1 aromatic rings. The van der Waals surface area contributed by atoms with E-state index in [1.54, 1.807) is 7.11 Å². The summed E-state index contributed by atoms with van der Waals surface area (Å²) in [6.45, 7) is 7.58. The van der Waals surface area contributed by atoms with Gasteiger partial charge < -0.3 is 15.4 Å². The zero-order valence-electron chi connectivity index (χ0n) is 13.0. The summed E-state index contributed by atoms with van der Waals surface area (Å²) in [5.74, 6) is 0.989. The molecule has 1 unspecified atom stereocenters. The highest BCUT2D eigenvalue weighted by Crippen LogP contribution is 2.25. The summed E-state index contributed by atoms with van der Waals surface area (Å²) in [5, 5.41) is 6.23. The third-order valence-corrected chi connectivity index (χ3v) is 3.23. The molecule has 0 heterocycles. The fourth-order valence-corrected chi connectivity index (χ4v) is 2.04. The Labute approximate surface area is 121 Å². The highest BCUT2D eigenvalue weighted by atomic mass is 16.5. The maximum Gasteiger partial charge on any atom is 0.221 e. The number of methoxy groups -OCH3 is 1. The molecule has 0 aromatic heterocycles. The standard InChI is InChI=1S/C16H26N2O2/c1-5-9-18-16(19)8-10-17-13(3)14-7-6-12(2)11-15(14)20-4/h6-7,11,13,17H,5,8-10H2,1-4H3,(H,18,19). The fraction of sp³-hybridized carbons (Fsp3) is 0.562. The van der Waals surface area contributed by atoms with Gasteiger partial charge in [-0.2, -0.15) is 0 Å². The molecule has 0 saturated heterocycles. The van der Waals surface area contributed by atoms with Crippen LogP contribution in [-0.2, 0) is 4.79 Å². The lowest BCUT2D eigenvalue weighted by atomic mass is 10.0. The molecule has 2 N–H and O–H groups in total. The number of aryl methyl sites for hydroxylation is 1. The highest BCUT2D eigenvalue weighted by molar-refractivity contribution is 5.75. The minimum Gasteiger partial charge on any atom is -0.496 e. The lowest BCUT2D eigenvalue weighted by molar-refractivity contribution is -0.121. The minimum absolute atomic E-state index is 0.0995. The molecule has 0 radical (unpaired) electrons. The second-order valence-corrected chi connectivity index (χ2v) is 5.02. The van der Waals surface area contributed by atoms with Gasteiger partial charge in [-0.15, -0.1) is 0 Å². The summed E-state index contributed by atoms with van der Waals surface area (Å²) in [6.07, 6.45) is 1.47. The van der Waals surface area contributed by atoms with E-state index in [0.29, 0.717) is 13.0 Å². The van der Waals surface area contributed by atoms with Gasteiger partial charge in [-0.25, -0.2) is 0 Å². The molecule has 4 heteroatoms. The molecule has 0 aliphatic carbocycles. The number of rotatable bonds is 8. The quantitative estimate of drug-likeness (QED) is 0.768. The summed E-state index contributed by atoms with van der Waals surface area (Å²) in [5.41, 5.74) is 2.30. The second kappa shape index (κ2) is 8.59. The summed E-state index contributed by atoms with van der Waals surface area (Å²) in [4.78, 5) is 11.5. The van der Waals surface area contributed by atoms with Crippen LogP contribution in [0.15, 0.2) is 18.2 Å². The lowest BCUT2D eigenvalue weighted by Crippen LogP contribution is -2.29. The lowest BCUT2D eigenvalue weighted by Gasteiger charge is -2.17. The van der Waals surface area contributed by atoms with Crippen molar-refractivity contribution in [1.29, 1.82) is 0 Å². The average Bonchev–Trinajstić information content (AvgIpc) is 2.44. The molecule has 0 saturated carbocycles. The van der Waals surface area contributed by atoms with Gasteiger partial charge in [0.25, 0.3) is 0 Å². The molecule has 0 aliphatic heterocycles. The number of ether oxygens (including phenoxy) is 1. The van der Waals surface area contributed by atoms with E-state index in [9.17, 15) is 4.79 Å². The van der Waals surface area contributed by atoms with Gasteiger partial charge in [-0.1, -0.05) is 19.1 Å². The molecule has 20 heavy (non-hydrogen) atoms. The van der Waals surface area contributed by atoms with E-state index < -0.39 is 0 Å². The largest absolute Gasteiger partial charge is 0.496 e. The van der Waals surface area contributed by atoms with Crippen LogP contribution in [0.5, 0.6) is 5.75 Å². The number of amides is 1. The Morgan fingerprint density at radius 1 is 1.35 bits per heavy atom. The number of nitrogens with one attached hydrogen (secondary N) is 2. The van der Waals surface area contributed by atoms with Crippen molar-refractivity contribution in [3.63, 3.8) is 0 Å². The van der Waals surface area contributed by atoms with Crippen molar-refractivity contribution in [1.82, 2.24) is 10.6 Å². The van der Waals surface area contributed by atoms with E-state index in [1.165, 1.54) is 5.56 Å². The Morgan fingerprint density at radius 2 is 2.10 bits per heavy atom. The predicted molar refractivity (Wildman–Crippen MR) is 82.1 cm³/mol. The first-order valence-electron chi connectivity index (χ1n) is 7.23. The number of carbonyl (C=O) groups excluding carboxylic acids is 1. The van der Waals surface area contributed by atoms with Gasteiger partial charge >= 0.3 is 0 Å². The van der Waals surface area contributed by atoms with Crippen LogP contribution < -0.4 is 15.4 Å². The van der Waals surface area contributed by atoms with Crippen molar-refractivity contribution in [3.05, 3.63) is 29.3 Å². The van der Waals surface area contributed by atoms with Gasteiger partial charge in [0.15, 0.2) is 0 Å². The molecule has 1 rings (SSSR count). The van der Waals surface area contributed by atoms with Crippen molar-refractivity contribution < 1.29 is 9.53 Å². The van der Waals surface area contributed by atoms with E-state index in [0.717, 1.165) is 24.3 Å². The van der Waals surface area contributed by atoms with Gasteiger partial charge in [0.2, 0.25) is 5.91 Å². The molecule has 112 valence electrons. The fourth-order valence-electron chi connectivity index (χ4n) is 2.04. The van der Waals surface area contributed by atoms with Crippen LogP contribution >= 0.6 is 0 Å². The third kappa shape index (κ3) is 5.21. The Balaban J connectivity index is 2.47. The Kier molecular flexibility index (Phi) is 7.09. The molecule has 1 atom stereocenters. The van der Waals surface area contributed by atoms with Crippen LogP contribution in [0.1, 0.15) is 43.9 Å². The predicted octanol–water partition coefficient (Wildman–Crippen LogP) is 2.57. The third-order valence-electron chi connectivity index (χ3n) is 3.23. The first kappa shape index (κ1) is 16.5. The molecule has 4 nitrogen and oxygen atoms in total. The Hall–Kier alpha value is -1.55. The average molecular weight is 278 g/mol.